The van der Waals surface area contributed by atoms with E-state index in [9.17, 15) is 28.1 Å². The standard InChI is InChI=1S/C14H17F3N2O5/c1-13(2,3)24-12(20)18(4)8-9-7-10(19(21)22)5-6-11(9)23-14(15,16)17/h5-7H,8H2,1-4H3. The lowest BCUT2D eigenvalue weighted by Gasteiger charge is -2.25. The van der Waals surface area contributed by atoms with E-state index in [1.165, 1.54) is 7.05 Å². The van der Waals surface area contributed by atoms with E-state index in [2.05, 4.69) is 4.74 Å². The van der Waals surface area contributed by atoms with E-state index in [-0.39, 0.29) is 12.1 Å². The van der Waals surface area contributed by atoms with Crippen molar-refractivity contribution in [3.8, 4) is 5.75 Å². The summed E-state index contributed by atoms with van der Waals surface area (Å²) < 4.78 is 46.2. The molecular formula is C14H17F3N2O5. The van der Waals surface area contributed by atoms with E-state index in [0.717, 1.165) is 23.1 Å². The van der Waals surface area contributed by atoms with Crippen LogP contribution in [0.25, 0.3) is 0 Å². The molecule has 0 heterocycles. The molecule has 0 aliphatic rings. The van der Waals surface area contributed by atoms with Crippen LogP contribution in [-0.2, 0) is 11.3 Å². The molecule has 0 aromatic heterocycles. The van der Waals surface area contributed by atoms with E-state index in [0.29, 0.717) is 0 Å². The molecule has 1 aromatic carbocycles. The predicted molar refractivity (Wildman–Crippen MR) is 77.5 cm³/mol. The summed E-state index contributed by atoms with van der Waals surface area (Å²) in [4.78, 5) is 22.9. The van der Waals surface area contributed by atoms with Crippen LogP contribution in [-0.4, -0.2) is 34.9 Å². The number of hydrogen-bond donors (Lipinski definition) is 0. The highest BCUT2D eigenvalue weighted by Gasteiger charge is 2.33. The Morgan fingerprint density at radius 1 is 1.29 bits per heavy atom. The van der Waals surface area contributed by atoms with Gasteiger partial charge in [-0.3, -0.25) is 10.1 Å². The number of alkyl halides is 3. The molecule has 1 amide bonds. The molecule has 0 fully saturated rings. The van der Waals surface area contributed by atoms with Gasteiger partial charge in [-0.25, -0.2) is 4.79 Å². The SMILES string of the molecule is CN(Cc1cc([N+](=O)[O-])ccc1OC(F)(F)F)C(=O)OC(C)(C)C. The second-order valence-corrected chi connectivity index (χ2v) is 5.93. The fourth-order valence-electron chi connectivity index (χ4n) is 1.69. The Balaban J connectivity index is 3.07. The number of nitrogens with zero attached hydrogens (tertiary/aromatic N) is 2. The summed E-state index contributed by atoms with van der Waals surface area (Å²) in [6, 6.07) is 2.64. The topological polar surface area (TPSA) is 81.9 Å². The van der Waals surface area contributed by atoms with Crippen molar-refractivity contribution in [1.29, 1.82) is 0 Å². The normalized spacial score (nSPS) is 11.8. The molecule has 0 radical (unpaired) electrons. The number of nitro benzene ring substituents is 1. The van der Waals surface area contributed by atoms with E-state index < -0.39 is 34.4 Å². The van der Waals surface area contributed by atoms with Gasteiger partial charge in [0.25, 0.3) is 5.69 Å². The maximum absolute atomic E-state index is 12.4. The number of amides is 1. The van der Waals surface area contributed by atoms with Crippen LogP contribution >= 0.6 is 0 Å². The van der Waals surface area contributed by atoms with Crippen LogP contribution in [0.5, 0.6) is 5.75 Å². The molecule has 0 spiro atoms. The first kappa shape index (κ1) is 19.5. The van der Waals surface area contributed by atoms with Crippen molar-refractivity contribution in [2.75, 3.05) is 7.05 Å². The highest BCUT2D eigenvalue weighted by Crippen LogP contribution is 2.30. The smallest absolute Gasteiger partial charge is 0.444 e. The molecule has 0 aliphatic carbocycles. The van der Waals surface area contributed by atoms with E-state index >= 15 is 0 Å². The van der Waals surface area contributed by atoms with E-state index in [4.69, 9.17) is 4.74 Å². The number of halogens is 3. The Labute approximate surface area is 136 Å². The molecule has 24 heavy (non-hydrogen) atoms. The quantitative estimate of drug-likeness (QED) is 0.608. The monoisotopic (exact) mass is 350 g/mol. The first-order chi connectivity index (χ1) is 10.8. The average molecular weight is 350 g/mol. The summed E-state index contributed by atoms with van der Waals surface area (Å²) >= 11 is 0. The molecule has 0 aliphatic heterocycles. The van der Waals surface area contributed by atoms with Gasteiger partial charge < -0.3 is 14.4 Å². The molecular weight excluding hydrogens is 333 g/mol. The third-order valence-corrected chi connectivity index (χ3v) is 2.59. The van der Waals surface area contributed by atoms with Crippen LogP contribution in [0, 0.1) is 10.1 Å². The summed E-state index contributed by atoms with van der Waals surface area (Å²) in [7, 11) is 1.30. The number of carbonyl (C=O) groups is 1. The molecule has 1 aromatic rings. The number of nitro groups is 1. The second-order valence-electron chi connectivity index (χ2n) is 5.93. The van der Waals surface area contributed by atoms with Gasteiger partial charge >= 0.3 is 12.5 Å². The third kappa shape index (κ3) is 6.31. The van der Waals surface area contributed by atoms with Crippen molar-refractivity contribution in [1.82, 2.24) is 4.90 Å². The minimum atomic E-state index is -4.96. The second kappa shape index (κ2) is 6.93. The van der Waals surface area contributed by atoms with Crippen molar-refractivity contribution in [2.45, 2.75) is 39.3 Å². The van der Waals surface area contributed by atoms with Crippen LogP contribution in [0.4, 0.5) is 23.7 Å². The predicted octanol–water partition coefficient (Wildman–Crippen LogP) is 3.86. The van der Waals surface area contributed by atoms with Gasteiger partial charge in [0.1, 0.15) is 11.4 Å². The Kier molecular flexibility index (Phi) is 5.64. The molecule has 7 nitrogen and oxygen atoms in total. The van der Waals surface area contributed by atoms with Gasteiger partial charge in [-0.1, -0.05) is 0 Å². The van der Waals surface area contributed by atoms with Gasteiger partial charge in [0.2, 0.25) is 0 Å². The van der Waals surface area contributed by atoms with E-state index in [1.807, 2.05) is 0 Å². The van der Waals surface area contributed by atoms with Gasteiger partial charge in [0, 0.05) is 24.7 Å². The number of rotatable bonds is 4. The Morgan fingerprint density at radius 3 is 2.33 bits per heavy atom. The summed E-state index contributed by atoms with van der Waals surface area (Å²) in [6.45, 7) is 4.53. The van der Waals surface area contributed by atoms with Gasteiger partial charge in [-0.2, -0.15) is 0 Å². The van der Waals surface area contributed by atoms with Gasteiger partial charge in [0.15, 0.2) is 0 Å². The van der Waals surface area contributed by atoms with E-state index in [1.54, 1.807) is 20.8 Å². The summed E-state index contributed by atoms with van der Waals surface area (Å²) in [5.41, 5.74) is -1.38. The summed E-state index contributed by atoms with van der Waals surface area (Å²) in [5.74, 6) is -0.622. The number of ether oxygens (including phenoxy) is 2. The maximum Gasteiger partial charge on any atom is 0.573 e. The molecule has 0 unspecified atom stereocenters. The highest BCUT2D eigenvalue weighted by molar-refractivity contribution is 5.68. The fourth-order valence-corrected chi connectivity index (χ4v) is 1.69. The highest BCUT2D eigenvalue weighted by atomic mass is 19.4. The van der Waals surface area contributed by atoms with Crippen molar-refractivity contribution in [3.63, 3.8) is 0 Å². The van der Waals surface area contributed by atoms with Gasteiger partial charge in [-0.05, 0) is 26.8 Å². The molecule has 0 saturated carbocycles. The number of hydrogen-bond acceptors (Lipinski definition) is 5. The lowest BCUT2D eigenvalue weighted by atomic mass is 10.1. The zero-order valence-electron chi connectivity index (χ0n) is 13.5. The minimum absolute atomic E-state index is 0.171. The van der Waals surface area contributed by atoms with Gasteiger partial charge in [-0.15, -0.1) is 13.2 Å². The lowest BCUT2D eigenvalue weighted by molar-refractivity contribution is -0.385. The molecule has 134 valence electrons. The Hall–Kier alpha value is -2.52. The first-order valence-corrected chi connectivity index (χ1v) is 6.75. The Morgan fingerprint density at radius 2 is 1.88 bits per heavy atom. The molecule has 0 bridgehead atoms. The summed E-state index contributed by atoms with van der Waals surface area (Å²) in [5, 5.41) is 10.8. The minimum Gasteiger partial charge on any atom is -0.444 e. The van der Waals surface area contributed by atoms with Crippen LogP contribution < -0.4 is 4.74 Å². The van der Waals surface area contributed by atoms with Crippen LogP contribution in [0.3, 0.4) is 0 Å². The largest absolute Gasteiger partial charge is 0.573 e. The fraction of sp³-hybridized carbons (Fsp3) is 0.500. The van der Waals surface area contributed by atoms with Crippen molar-refractivity contribution < 1.29 is 32.4 Å². The van der Waals surface area contributed by atoms with Crippen LogP contribution in [0.1, 0.15) is 26.3 Å². The number of non-ortho nitro benzene ring substituents is 1. The lowest BCUT2D eigenvalue weighted by Crippen LogP contribution is -2.34. The number of benzene rings is 1. The molecule has 0 saturated heterocycles. The number of carbonyl (C=O) groups excluding carboxylic acids is 1. The molecule has 0 atom stereocenters. The van der Waals surface area contributed by atoms with Crippen molar-refractivity contribution in [3.05, 3.63) is 33.9 Å². The van der Waals surface area contributed by atoms with Crippen LogP contribution in [0.15, 0.2) is 18.2 Å². The molecule has 1 rings (SSSR count). The molecule has 0 N–H and O–H groups in total. The molecule has 10 heteroatoms. The maximum atomic E-state index is 12.4. The third-order valence-electron chi connectivity index (χ3n) is 2.59. The Bertz CT molecular complexity index is 626. The van der Waals surface area contributed by atoms with Crippen molar-refractivity contribution >= 4 is 11.8 Å². The van der Waals surface area contributed by atoms with Crippen LogP contribution in [0.2, 0.25) is 0 Å². The zero-order valence-corrected chi connectivity index (χ0v) is 13.5. The zero-order chi connectivity index (χ0) is 18.7. The van der Waals surface area contributed by atoms with Crippen molar-refractivity contribution in [2.24, 2.45) is 0 Å². The average Bonchev–Trinajstić information content (AvgIpc) is 2.36. The summed E-state index contributed by atoms with van der Waals surface area (Å²) in [6.07, 6.45) is -5.75. The van der Waals surface area contributed by atoms with Gasteiger partial charge in [0.05, 0.1) is 11.5 Å². The first-order valence-electron chi connectivity index (χ1n) is 6.75.